The van der Waals surface area contributed by atoms with Crippen LogP contribution in [0, 0.1) is 0 Å². The fourth-order valence-electron chi connectivity index (χ4n) is 3.73. The van der Waals surface area contributed by atoms with E-state index in [9.17, 15) is 0 Å². The van der Waals surface area contributed by atoms with Crippen LogP contribution in [-0.4, -0.2) is 23.1 Å². The first kappa shape index (κ1) is 19.2. The summed E-state index contributed by atoms with van der Waals surface area (Å²) in [5.74, 6) is 1.35. The third-order valence-corrected chi connectivity index (χ3v) is 5.25. The molecule has 29 heavy (non-hydrogen) atoms. The lowest BCUT2D eigenvalue weighted by molar-refractivity contribution is 0.592. The summed E-state index contributed by atoms with van der Waals surface area (Å²) in [6.45, 7) is 8.95. The Morgan fingerprint density at radius 3 is 2.31 bits per heavy atom. The third-order valence-electron chi connectivity index (χ3n) is 5.25. The Balaban J connectivity index is 1.48. The van der Waals surface area contributed by atoms with Crippen LogP contribution in [0.3, 0.4) is 0 Å². The van der Waals surface area contributed by atoms with E-state index in [0.717, 1.165) is 30.3 Å². The molecule has 1 saturated heterocycles. The third kappa shape index (κ3) is 4.67. The van der Waals surface area contributed by atoms with Crippen LogP contribution in [0.1, 0.15) is 39.2 Å². The predicted octanol–water partition coefficient (Wildman–Crippen LogP) is 5.86. The normalized spacial score (nSPS) is 14.1. The van der Waals surface area contributed by atoms with Crippen molar-refractivity contribution in [3.05, 3.63) is 66.4 Å². The predicted molar refractivity (Wildman–Crippen MR) is 122 cm³/mol. The second-order valence-electron chi connectivity index (χ2n) is 8.55. The molecule has 1 aliphatic rings. The monoisotopic (exact) mass is 387 g/mol. The second-order valence-corrected chi connectivity index (χ2v) is 8.55. The number of benzene rings is 2. The molecule has 0 bridgehead atoms. The molecule has 1 aliphatic heterocycles. The van der Waals surface area contributed by atoms with Crippen LogP contribution in [0.4, 0.5) is 28.8 Å². The van der Waals surface area contributed by atoms with Crippen LogP contribution in [0.2, 0.25) is 0 Å². The highest BCUT2D eigenvalue weighted by atomic mass is 15.2. The van der Waals surface area contributed by atoms with Gasteiger partial charge in [0.25, 0.3) is 0 Å². The van der Waals surface area contributed by atoms with Gasteiger partial charge < -0.3 is 15.5 Å². The minimum atomic E-state index is 0.0504. The summed E-state index contributed by atoms with van der Waals surface area (Å²) in [6.07, 6.45) is 4.34. The molecule has 0 aliphatic carbocycles. The van der Waals surface area contributed by atoms with Crippen LogP contribution in [0.5, 0.6) is 0 Å². The van der Waals surface area contributed by atoms with Gasteiger partial charge >= 0.3 is 0 Å². The van der Waals surface area contributed by atoms with Crippen molar-refractivity contribution in [3.63, 3.8) is 0 Å². The molecule has 150 valence electrons. The van der Waals surface area contributed by atoms with E-state index in [1.54, 1.807) is 6.20 Å². The quantitative estimate of drug-likeness (QED) is 0.574. The molecule has 1 fully saturated rings. The molecule has 4 rings (SSSR count). The smallest absolute Gasteiger partial charge is 0.229 e. The van der Waals surface area contributed by atoms with Gasteiger partial charge in [-0.2, -0.15) is 4.98 Å². The van der Waals surface area contributed by atoms with Gasteiger partial charge in [-0.15, -0.1) is 0 Å². The molecule has 0 spiro atoms. The highest BCUT2D eigenvalue weighted by Crippen LogP contribution is 2.31. The van der Waals surface area contributed by atoms with Gasteiger partial charge in [-0.3, -0.25) is 0 Å². The number of nitrogens with one attached hydrogen (secondary N) is 2. The molecular formula is C24H29N5. The first-order chi connectivity index (χ1) is 14.0. The molecule has 0 atom stereocenters. The minimum absolute atomic E-state index is 0.0504. The number of rotatable bonds is 5. The molecule has 3 aromatic rings. The SMILES string of the molecule is CC(C)(C)c1ccccc1Nc1ccnc(Nc2ccc(N3CCCC3)cc2)n1. The number of aromatic nitrogens is 2. The van der Waals surface area contributed by atoms with E-state index in [0.29, 0.717) is 5.95 Å². The zero-order valence-electron chi connectivity index (χ0n) is 17.4. The molecule has 5 heteroatoms. The maximum Gasteiger partial charge on any atom is 0.229 e. The summed E-state index contributed by atoms with van der Waals surface area (Å²) in [5, 5.41) is 6.77. The molecule has 5 nitrogen and oxygen atoms in total. The van der Waals surface area contributed by atoms with E-state index in [1.165, 1.54) is 24.1 Å². The zero-order chi connectivity index (χ0) is 20.3. The van der Waals surface area contributed by atoms with Crippen LogP contribution >= 0.6 is 0 Å². The van der Waals surface area contributed by atoms with Gasteiger partial charge in [-0.05, 0) is 60.2 Å². The Kier molecular flexibility index (Phi) is 5.38. The molecule has 2 N–H and O–H groups in total. The zero-order valence-corrected chi connectivity index (χ0v) is 17.4. The van der Waals surface area contributed by atoms with Gasteiger partial charge in [0, 0.05) is 36.3 Å². The van der Waals surface area contributed by atoms with Crippen LogP contribution < -0.4 is 15.5 Å². The second kappa shape index (κ2) is 8.11. The number of hydrogen-bond acceptors (Lipinski definition) is 5. The number of nitrogens with zero attached hydrogens (tertiary/aromatic N) is 3. The van der Waals surface area contributed by atoms with Gasteiger partial charge in [0.1, 0.15) is 5.82 Å². The van der Waals surface area contributed by atoms with E-state index in [4.69, 9.17) is 0 Å². The average molecular weight is 388 g/mol. The van der Waals surface area contributed by atoms with Crippen molar-refractivity contribution in [1.82, 2.24) is 9.97 Å². The standard InChI is InChI=1S/C24H29N5/c1-24(2,3)20-8-4-5-9-21(20)27-22-14-15-25-23(28-22)26-18-10-12-19(13-11-18)29-16-6-7-17-29/h4-5,8-15H,6-7,16-17H2,1-3H3,(H2,25,26,27,28). The Labute approximate surface area is 173 Å². The largest absolute Gasteiger partial charge is 0.372 e. The van der Waals surface area contributed by atoms with E-state index in [1.807, 2.05) is 12.1 Å². The van der Waals surface area contributed by atoms with Gasteiger partial charge in [-0.25, -0.2) is 4.98 Å². The van der Waals surface area contributed by atoms with Crippen molar-refractivity contribution in [2.45, 2.75) is 39.0 Å². The van der Waals surface area contributed by atoms with Crippen molar-refractivity contribution in [1.29, 1.82) is 0 Å². The molecule has 2 aromatic carbocycles. The Bertz CT molecular complexity index is 954. The van der Waals surface area contributed by atoms with Crippen molar-refractivity contribution in [3.8, 4) is 0 Å². The summed E-state index contributed by atoms with van der Waals surface area (Å²) in [5.41, 5.74) is 4.64. The number of anilines is 5. The molecule has 0 radical (unpaired) electrons. The lowest BCUT2D eigenvalue weighted by Gasteiger charge is -2.23. The van der Waals surface area contributed by atoms with Gasteiger partial charge in [-0.1, -0.05) is 39.0 Å². The summed E-state index contributed by atoms with van der Waals surface area (Å²) >= 11 is 0. The van der Waals surface area contributed by atoms with Crippen molar-refractivity contribution >= 4 is 28.8 Å². The number of hydrogen-bond donors (Lipinski definition) is 2. The maximum atomic E-state index is 4.64. The van der Waals surface area contributed by atoms with Gasteiger partial charge in [0.2, 0.25) is 5.95 Å². The van der Waals surface area contributed by atoms with E-state index in [-0.39, 0.29) is 5.41 Å². The highest BCUT2D eigenvalue weighted by molar-refractivity contribution is 5.64. The van der Waals surface area contributed by atoms with Crippen molar-refractivity contribution < 1.29 is 0 Å². The summed E-state index contributed by atoms with van der Waals surface area (Å²) in [4.78, 5) is 11.4. The van der Waals surface area contributed by atoms with Gasteiger partial charge in [0.05, 0.1) is 0 Å². The fraction of sp³-hybridized carbons (Fsp3) is 0.333. The van der Waals surface area contributed by atoms with Gasteiger partial charge in [0.15, 0.2) is 0 Å². The molecular weight excluding hydrogens is 358 g/mol. The minimum Gasteiger partial charge on any atom is -0.372 e. The fourth-order valence-corrected chi connectivity index (χ4v) is 3.73. The molecule has 0 saturated carbocycles. The van der Waals surface area contributed by atoms with E-state index in [2.05, 4.69) is 88.7 Å². The van der Waals surface area contributed by atoms with E-state index < -0.39 is 0 Å². The summed E-state index contributed by atoms with van der Waals surface area (Å²) < 4.78 is 0. The lowest BCUT2D eigenvalue weighted by atomic mass is 9.86. The Morgan fingerprint density at radius 1 is 0.862 bits per heavy atom. The van der Waals surface area contributed by atoms with Crippen molar-refractivity contribution in [2.75, 3.05) is 28.6 Å². The van der Waals surface area contributed by atoms with E-state index >= 15 is 0 Å². The van der Waals surface area contributed by atoms with Crippen LogP contribution in [-0.2, 0) is 5.41 Å². The highest BCUT2D eigenvalue weighted by Gasteiger charge is 2.17. The lowest BCUT2D eigenvalue weighted by Crippen LogP contribution is -2.17. The Hall–Kier alpha value is -3.08. The Morgan fingerprint density at radius 2 is 1.59 bits per heavy atom. The first-order valence-electron chi connectivity index (χ1n) is 10.3. The number of para-hydroxylation sites is 1. The topological polar surface area (TPSA) is 53.1 Å². The summed E-state index contributed by atoms with van der Waals surface area (Å²) in [7, 11) is 0. The van der Waals surface area contributed by atoms with Crippen LogP contribution in [0.15, 0.2) is 60.8 Å². The first-order valence-corrected chi connectivity index (χ1v) is 10.3. The summed E-state index contributed by atoms with van der Waals surface area (Å²) in [6, 6.07) is 18.8. The molecule has 2 heterocycles. The average Bonchev–Trinajstić information content (AvgIpc) is 3.23. The maximum absolute atomic E-state index is 4.64. The molecule has 0 unspecified atom stereocenters. The molecule has 1 aromatic heterocycles. The molecule has 0 amide bonds. The van der Waals surface area contributed by atoms with Crippen LogP contribution in [0.25, 0.3) is 0 Å². The van der Waals surface area contributed by atoms with Crippen molar-refractivity contribution in [2.24, 2.45) is 0 Å².